The first-order valence-corrected chi connectivity index (χ1v) is 12.1. The minimum absolute atomic E-state index is 0.0497. The number of hydrogen-bond donors (Lipinski definition) is 1. The van der Waals surface area contributed by atoms with Gasteiger partial charge in [0.2, 0.25) is 0 Å². The molecule has 0 bridgehead atoms. The van der Waals surface area contributed by atoms with Crippen LogP contribution in [0.1, 0.15) is 96.5 Å². The Morgan fingerprint density at radius 2 is 1.48 bits per heavy atom. The van der Waals surface area contributed by atoms with Gasteiger partial charge in [-0.25, -0.2) is 0 Å². The first kappa shape index (κ1) is 23.8. The van der Waals surface area contributed by atoms with Crippen molar-refractivity contribution in [3.8, 4) is 11.5 Å². The summed E-state index contributed by atoms with van der Waals surface area (Å²) in [5.41, 5.74) is 0.458. The highest BCUT2D eigenvalue weighted by molar-refractivity contribution is 7.87. The summed E-state index contributed by atoms with van der Waals surface area (Å²) in [4.78, 5) is 0. The number of hydrogen-bond acceptors (Lipinski definition) is 4. The maximum absolute atomic E-state index is 12.7. The van der Waals surface area contributed by atoms with E-state index in [9.17, 15) is 13.5 Å². The fourth-order valence-corrected chi connectivity index (χ4v) is 4.87. The Morgan fingerprint density at radius 3 is 2.07 bits per heavy atom. The zero-order valence-corrected chi connectivity index (χ0v) is 18.2. The Balaban J connectivity index is 2.45. The second kappa shape index (κ2) is 13.0. The molecule has 0 aliphatic heterocycles. The summed E-state index contributed by atoms with van der Waals surface area (Å²) >= 11 is 0. The normalized spacial score (nSPS) is 12.9. The second-order valence-electron chi connectivity index (χ2n) is 7.50. The van der Waals surface area contributed by atoms with Gasteiger partial charge < -0.3 is 9.29 Å². The van der Waals surface area contributed by atoms with Crippen LogP contribution in [-0.4, -0.2) is 18.8 Å². The summed E-state index contributed by atoms with van der Waals surface area (Å²) in [6, 6.07) is 4.72. The Kier molecular flexibility index (Phi) is 11.5. The molecule has 0 fully saturated rings. The number of phenolic OH excluding ortho intramolecular Hbond substituents is 1. The van der Waals surface area contributed by atoms with Gasteiger partial charge >= 0.3 is 10.1 Å². The largest absolute Gasteiger partial charge is 0.508 e. The van der Waals surface area contributed by atoms with E-state index in [1.807, 2.05) is 6.92 Å². The average molecular weight is 399 g/mol. The number of rotatable bonds is 15. The van der Waals surface area contributed by atoms with Gasteiger partial charge in [0.25, 0.3) is 0 Å². The van der Waals surface area contributed by atoms with E-state index in [4.69, 9.17) is 4.18 Å². The molecule has 5 heteroatoms. The third-order valence-electron chi connectivity index (χ3n) is 5.11. The molecule has 4 nitrogen and oxygen atoms in total. The second-order valence-corrected chi connectivity index (χ2v) is 9.32. The van der Waals surface area contributed by atoms with Crippen molar-refractivity contribution in [3.63, 3.8) is 0 Å². The molecule has 27 heavy (non-hydrogen) atoms. The van der Waals surface area contributed by atoms with Gasteiger partial charge in [-0.05, 0) is 31.9 Å². The number of benzene rings is 1. The Labute approximate surface area is 166 Å². The van der Waals surface area contributed by atoms with Crippen LogP contribution < -0.4 is 4.18 Å². The molecule has 0 heterocycles. The molecule has 1 unspecified atom stereocenters. The van der Waals surface area contributed by atoms with Crippen LogP contribution >= 0.6 is 0 Å². The molecule has 1 atom stereocenters. The fourth-order valence-electron chi connectivity index (χ4n) is 3.32. The molecule has 0 amide bonds. The van der Waals surface area contributed by atoms with Crippen LogP contribution in [0, 0.1) is 6.92 Å². The van der Waals surface area contributed by atoms with Crippen LogP contribution in [0.4, 0.5) is 0 Å². The van der Waals surface area contributed by atoms with Crippen molar-refractivity contribution >= 4 is 10.1 Å². The third-order valence-corrected chi connectivity index (χ3v) is 6.81. The van der Waals surface area contributed by atoms with Crippen LogP contribution in [-0.2, 0) is 10.1 Å². The molecule has 0 spiro atoms. The zero-order valence-electron chi connectivity index (χ0n) is 17.4. The molecule has 1 aromatic carbocycles. The van der Waals surface area contributed by atoms with Crippen molar-refractivity contribution in [2.24, 2.45) is 0 Å². The van der Waals surface area contributed by atoms with E-state index in [-0.39, 0.29) is 11.5 Å². The van der Waals surface area contributed by atoms with Crippen LogP contribution in [0.15, 0.2) is 18.2 Å². The first-order chi connectivity index (χ1) is 12.9. The van der Waals surface area contributed by atoms with E-state index in [0.717, 1.165) is 19.3 Å². The van der Waals surface area contributed by atoms with Crippen LogP contribution in [0.3, 0.4) is 0 Å². The van der Waals surface area contributed by atoms with Gasteiger partial charge in [-0.15, -0.1) is 0 Å². The minimum Gasteiger partial charge on any atom is -0.508 e. The summed E-state index contributed by atoms with van der Waals surface area (Å²) in [6.45, 7) is 5.89. The van der Waals surface area contributed by atoms with E-state index in [2.05, 4.69) is 6.92 Å². The van der Waals surface area contributed by atoms with Gasteiger partial charge in [0.05, 0.1) is 5.25 Å². The molecule has 1 rings (SSSR count). The van der Waals surface area contributed by atoms with Crippen molar-refractivity contribution < 1.29 is 17.7 Å². The third kappa shape index (κ3) is 9.00. The molecule has 156 valence electrons. The molecule has 0 aliphatic carbocycles. The van der Waals surface area contributed by atoms with E-state index in [1.165, 1.54) is 51.0 Å². The van der Waals surface area contributed by atoms with Crippen molar-refractivity contribution in [2.75, 3.05) is 0 Å². The monoisotopic (exact) mass is 398 g/mol. The lowest BCUT2D eigenvalue weighted by Gasteiger charge is -2.18. The first-order valence-electron chi connectivity index (χ1n) is 10.6. The molecular formula is C22H38O4S. The predicted molar refractivity (Wildman–Crippen MR) is 113 cm³/mol. The van der Waals surface area contributed by atoms with Crippen molar-refractivity contribution in [2.45, 2.75) is 103 Å². The van der Waals surface area contributed by atoms with Gasteiger partial charge in [-0.2, -0.15) is 8.42 Å². The Hall–Kier alpha value is -1.23. The predicted octanol–water partition coefficient (Wildman–Crippen LogP) is 6.50. The SMILES string of the molecule is CCCCCCCCCCCC(CCC)S(=O)(=O)Oc1cccc(O)c1C. The van der Waals surface area contributed by atoms with Gasteiger partial charge in [0.15, 0.2) is 0 Å². The van der Waals surface area contributed by atoms with Crippen LogP contribution in [0.5, 0.6) is 11.5 Å². The van der Waals surface area contributed by atoms with Gasteiger partial charge in [-0.1, -0.05) is 84.1 Å². The quantitative estimate of drug-likeness (QED) is 0.270. The molecule has 0 radical (unpaired) electrons. The molecule has 0 saturated carbocycles. The lowest BCUT2D eigenvalue weighted by atomic mass is 10.0. The summed E-state index contributed by atoms with van der Waals surface area (Å²) in [7, 11) is -3.70. The molecule has 1 N–H and O–H groups in total. The van der Waals surface area contributed by atoms with Crippen LogP contribution in [0.2, 0.25) is 0 Å². The highest BCUT2D eigenvalue weighted by atomic mass is 32.2. The number of phenols is 1. The van der Waals surface area contributed by atoms with E-state index in [1.54, 1.807) is 19.1 Å². The average Bonchev–Trinajstić information content (AvgIpc) is 2.63. The molecule has 0 saturated heterocycles. The van der Waals surface area contributed by atoms with Gasteiger partial charge in [-0.3, -0.25) is 0 Å². The van der Waals surface area contributed by atoms with Crippen molar-refractivity contribution in [3.05, 3.63) is 23.8 Å². The smallest absolute Gasteiger partial charge is 0.312 e. The molecular weight excluding hydrogens is 360 g/mol. The van der Waals surface area contributed by atoms with Crippen molar-refractivity contribution in [1.29, 1.82) is 0 Å². The zero-order chi connectivity index (χ0) is 20.1. The fraction of sp³-hybridized carbons (Fsp3) is 0.727. The number of unbranched alkanes of at least 4 members (excludes halogenated alkanes) is 8. The molecule has 0 aliphatic rings. The van der Waals surface area contributed by atoms with Crippen LogP contribution in [0.25, 0.3) is 0 Å². The maximum atomic E-state index is 12.7. The summed E-state index contributed by atoms with van der Waals surface area (Å²) < 4.78 is 30.8. The Morgan fingerprint density at radius 1 is 0.889 bits per heavy atom. The van der Waals surface area contributed by atoms with E-state index < -0.39 is 15.4 Å². The summed E-state index contributed by atoms with van der Waals surface area (Å²) in [5.74, 6) is 0.275. The Bertz CT molecular complexity index is 625. The summed E-state index contributed by atoms with van der Waals surface area (Å²) in [5, 5.41) is 9.28. The standard InChI is InChI=1S/C22H38O4S/c1-4-6-7-8-9-10-11-12-13-16-20(15-5-2)27(24,25)26-22-18-14-17-21(23)19(22)3/h14,17-18,20,23H,4-13,15-16H2,1-3H3. The maximum Gasteiger partial charge on any atom is 0.312 e. The summed E-state index contributed by atoms with van der Waals surface area (Å²) in [6.07, 6.45) is 13.0. The van der Waals surface area contributed by atoms with Gasteiger partial charge in [0, 0.05) is 5.56 Å². The minimum atomic E-state index is -3.70. The highest BCUT2D eigenvalue weighted by Crippen LogP contribution is 2.29. The number of aromatic hydroxyl groups is 1. The molecule has 0 aromatic heterocycles. The van der Waals surface area contributed by atoms with E-state index >= 15 is 0 Å². The molecule has 1 aromatic rings. The van der Waals surface area contributed by atoms with E-state index in [0.29, 0.717) is 18.4 Å². The van der Waals surface area contributed by atoms with Gasteiger partial charge in [0.1, 0.15) is 11.5 Å². The lowest BCUT2D eigenvalue weighted by Crippen LogP contribution is -2.26. The lowest BCUT2D eigenvalue weighted by molar-refractivity contribution is 0.441. The topological polar surface area (TPSA) is 63.6 Å². The highest BCUT2D eigenvalue weighted by Gasteiger charge is 2.27. The van der Waals surface area contributed by atoms with Crippen molar-refractivity contribution in [1.82, 2.24) is 0 Å².